The van der Waals surface area contributed by atoms with Gasteiger partial charge in [-0.25, -0.2) is 0 Å². The lowest BCUT2D eigenvalue weighted by Gasteiger charge is -2.32. The highest BCUT2D eigenvalue weighted by atomic mass is 35.5. The highest BCUT2D eigenvalue weighted by Crippen LogP contribution is 2.30. The minimum atomic E-state index is -0.354. The van der Waals surface area contributed by atoms with Gasteiger partial charge in [0, 0.05) is 24.9 Å². The molecule has 18 heavy (non-hydrogen) atoms. The number of halogens is 2. The number of fused-ring (bicyclic) bond motifs is 1. The van der Waals surface area contributed by atoms with E-state index in [0.29, 0.717) is 19.0 Å². The molecule has 1 fully saturated rings. The standard InChI is InChI=1S/C10H15N5O.2ClH/c11-4-3-8-12-13-9-10(16)14(7-1-2-7)5-6-15(8)9;;/h5-7,9,13H,1-4,11H2;2*1H. The van der Waals surface area contributed by atoms with E-state index < -0.39 is 0 Å². The van der Waals surface area contributed by atoms with Crippen LogP contribution >= 0.6 is 24.8 Å². The third-order valence-corrected chi connectivity index (χ3v) is 3.08. The van der Waals surface area contributed by atoms with Crippen LogP contribution in [0.1, 0.15) is 19.3 Å². The van der Waals surface area contributed by atoms with Crippen molar-refractivity contribution in [2.75, 3.05) is 6.54 Å². The zero-order chi connectivity index (χ0) is 11.1. The van der Waals surface area contributed by atoms with E-state index >= 15 is 0 Å². The Morgan fingerprint density at radius 2 is 2.00 bits per heavy atom. The smallest absolute Gasteiger partial charge is 0.272 e. The Balaban J connectivity index is 0.000000810. The molecule has 0 saturated heterocycles. The van der Waals surface area contributed by atoms with Gasteiger partial charge in [-0.2, -0.15) is 5.10 Å². The van der Waals surface area contributed by atoms with E-state index in [9.17, 15) is 4.79 Å². The average Bonchev–Trinajstić information content (AvgIpc) is 3.03. The molecule has 2 aliphatic heterocycles. The first-order chi connectivity index (χ1) is 7.81. The molecule has 3 aliphatic rings. The van der Waals surface area contributed by atoms with Gasteiger partial charge in [-0.15, -0.1) is 24.8 Å². The number of hydrogen-bond donors (Lipinski definition) is 2. The van der Waals surface area contributed by atoms with Gasteiger partial charge in [0.2, 0.25) is 6.17 Å². The highest BCUT2D eigenvalue weighted by molar-refractivity contribution is 5.94. The van der Waals surface area contributed by atoms with E-state index in [0.717, 1.165) is 18.7 Å². The lowest BCUT2D eigenvalue weighted by molar-refractivity contribution is -0.134. The fourth-order valence-electron chi connectivity index (χ4n) is 2.08. The Morgan fingerprint density at radius 3 is 2.61 bits per heavy atom. The molecule has 1 saturated carbocycles. The summed E-state index contributed by atoms with van der Waals surface area (Å²) in [6.07, 6.45) is 6.32. The van der Waals surface area contributed by atoms with E-state index in [4.69, 9.17) is 5.73 Å². The summed E-state index contributed by atoms with van der Waals surface area (Å²) in [7, 11) is 0. The Kier molecular flexibility index (Phi) is 4.84. The summed E-state index contributed by atoms with van der Waals surface area (Å²) < 4.78 is 0. The van der Waals surface area contributed by atoms with Crippen molar-refractivity contribution in [3.05, 3.63) is 12.4 Å². The van der Waals surface area contributed by atoms with Crippen LogP contribution in [0.2, 0.25) is 0 Å². The van der Waals surface area contributed by atoms with Crippen molar-refractivity contribution < 1.29 is 4.79 Å². The van der Waals surface area contributed by atoms with Gasteiger partial charge in [0.25, 0.3) is 5.91 Å². The van der Waals surface area contributed by atoms with Crippen molar-refractivity contribution in [2.24, 2.45) is 10.8 Å². The van der Waals surface area contributed by atoms with Gasteiger partial charge in [-0.1, -0.05) is 0 Å². The molecule has 2 heterocycles. The molecular formula is C10H17Cl2N5O. The summed E-state index contributed by atoms with van der Waals surface area (Å²) in [5.74, 6) is 0.924. The number of carbonyl (C=O) groups excluding carboxylic acids is 1. The summed E-state index contributed by atoms with van der Waals surface area (Å²) in [6, 6.07) is 0.409. The van der Waals surface area contributed by atoms with Crippen LogP contribution in [0.25, 0.3) is 0 Å². The number of nitrogens with one attached hydrogen (secondary N) is 1. The summed E-state index contributed by atoms with van der Waals surface area (Å²) >= 11 is 0. The number of nitrogens with zero attached hydrogens (tertiary/aromatic N) is 3. The van der Waals surface area contributed by atoms with Gasteiger partial charge in [0.15, 0.2) is 0 Å². The van der Waals surface area contributed by atoms with Gasteiger partial charge in [-0.3, -0.25) is 10.2 Å². The van der Waals surface area contributed by atoms with Crippen LogP contribution in [0.4, 0.5) is 0 Å². The molecule has 0 aromatic rings. The van der Waals surface area contributed by atoms with Crippen LogP contribution in [-0.4, -0.2) is 40.3 Å². The number of hydrazone groups is 1. The molecule has 1 unspecified atom stereocenters. The Labute approximate surface area is 118 Å². The van der Waals surface area contributed by atoms with Crippen LogP contribution < -0.4 is 11.2 Å². The average molecular weight is 294 g/mol. The van der Waals surface area contributed by atoms with Crippen LogP contribution in [0, 0.1) is 0 Å². The summed E-state index contributed by atoms with van der Waals surface area (Å²) in [6.45, 7) is 0.540. The molecule has 1 aliphatic carbocycles. The van der Waals surface area contributed by atoms with Gasteiger partial charge >= 0.3 is 0 Å². The van der Waals surface area contributed by atoms with Gasteiger partial charge in [0.1, 0.15) is 5.84 Å². The normalized spacial score (nSPS) is 24.8. The van der Waals surface area contributed by atoms with Gasteiger partial charge < -0.3 is 15.5 Å². The number of hydrogen-bond acceptors (Lipinski definition) is 5. The van der Waals surface area contributed by atoms with Gasteiger partial charge in [0.05, 0.1) is 0 Å². The molecule has 6 nitrogen and oxygen atoms in total. The van der Waals surface area contributed by atoms with Crippen molar-refractivity contribution in [3.8, 4) is 0 Å². The van der Waals surface area contributed by atoms with Crippen LogP contribution in [0.3, 0.4) is 0 Å². The van der Waals surface area contributed by atoms with E-state index in [-0.39, 0.29) is 36.9 Å². The first-order valence-corrected chi connectivity index (χ1v) is 5.62. The zero-order valence-electron chi connectivity index (χ0n) is 9.78. The SMILES string of the molecule is Cl.Cl.NCCC1=NNC2C(=O)N(C3CC3)C=CN12. The summed E-state index contributed by atoms with van der Waals surface area (Å²) in [5.41, 5.74) is 8.37. The maximum Gasteiger partial charge on any atom is 0.272 e. The number of amidine groups is 1. The molecule has 3 rings (SSSR count). The fraction of sp³-hybridized carbons (Fsp3) is 0.600. The second kappa shape index (κ2) is 5.77. The van der Waals surface area contributed by atoms with Crippen molar-refractivity contribution in [1.29, 1.82) is 0 Å². The molecule has 1 atom stereocenters. The first-order valence-electron chi connectivity index (χ1n) is 5.62. The minimum Gasteiger partial charge on any atom is -0.330 e. The molecule has 8 heteroatoms. The molecule has 3 N–H and O–H groups in total. The molecule has 0 bridgehead atoms. The maximum atomic E-state index is 12.1. The Hall–Kier alpha value is -0.980. The topological polar surface area (TPSA) is 74.0 Å². The number of nitrogens with two attached hydrogens (primary N) is 1. The fourth-order valence-corrected chi connectivity index (χ4v) is 2.08. The molecule has 0 aromatic heterocycles. The summed E-state index contributed by atoms with van der Waals surface area (Å²) in [5, 5.41) is 4.15. The number of rotatable bonds is 3. The highest BCUT2D eigenvalue weighted by Gasteiger charge is 2.42. The van der Waals surface area contributed by atoms with Crippen molar-refractivity contribution >= 4 is 36.6 Å². The third kappa shape index (κ3) is 2.41. The predicted octanol–water partition coefficient (Wildman–Crippen LogP) is 0.199. The Bertz CT molecular complexity index is 382. The summed E-state index contributed by atoms with van der Waals surface area (Å²) in [4.78, 5) is 15.8. The lowest BCUT2D eigenvalue weighted by Crippen LogP contribution is -2.52. The van der Waals surface area contributed by atoms with E-state index in [2.05, 4.69) is 10.5 Å². The molecule has 1 amide bonds. The van der Waals surface area contributed by atoms with E-state index in [1.54, 1.807) is 0 Å². The quantitative estimate of drug-likeness (QED) is 0.780. The van der Waals surface area contributed by atoms with Crippen molar-refractivity contribution in [1.82, 2.24) is 15.2 Å². The number of amides is 1. The molecular weight excluding hydrogens is 277 g/mol. The van der Waals surface area contributed by atoms with Crippen LogP contribution in [0.5, 0.6) is 0 Å². The predicted molar refractivity (Wildman–Crippen MR) is 73.4 cm³/mol. The van der Waals surface area contributed by atoms with Crippen molar-refractivity contribution in [3.63, 3.8) is 0 Å². The minimum absolute atomic E-state index is 0. The van der Waals surface area contributed by atoms with Gasteiger partial charge in [-0.05, 0) is 19.4 Å². The first kappa shape index (κ1) is 15.1. The number of carbonyl (C=O) groups is 1. The third-order valence-electron chi connectivity index (χ3n) is 3.08. The second-order valence-corrected chi connectivity index (χ2v) is 4.28. The zero-order valence-corrected chi connectivity index (χ0v) is 11.4. The van der Waals surface area contributed by atoms with Crippen LogP contribution in [-0.2, 0) is 4.79 Å². The largest absolute Gasteiger partial charge is 0.330 e. The molecule has 0 spiro atoms. The lowest BCUT2D eigenvalue weighted by atomic mass is 10.2. The molecule has 0 radical (unpaired) electrons. The molecule has 0 aromatic carbocycles. The van der Waals surface area contributed by atoms with E-state index in [1.165, 1.54) is 0 Å². The molecule has 102 valence electrons. The monoisotopic (exact) mass is 293 g/mol. The van der Waals surface area contributed by atoms with Crippen LogP contribution in [0.15, 0.2) is 17.5 Å². The maximum absolute atomic E-state index is 12.1. The van der Waals surface area contributed by atoms with Crippen molar-refractivity contribution in [2.45, 2.75) is 31.5 Å². The van der Waals surface area contributed by atoms with E-state index in [1.807, 2.05) is 22.2 Å². The Morgan fingerprint density at radius 1 is 1.33 bits per heavy atom. The second-order valence-electron chi connectivity index (χ2n) is 4.28.